The van der Waals surface area contributed by atoms with E-state index in [4.69, 9.17) is 5.73 Å². The van der Waals surface area contributed by atoms with Gasteiger partial charge in [-0.05, 0) is 13.0 Å². The summed E-state index contributed by atoms with van der Waals surface area (Å²) in [5.41, 5.74) is 6.15. The zero-order valence-electron chi connectivity index (χ0n) is 10.1. The second-order valence-corrected chi connectivity index (χ2v) is 5.51. The van der Waals surface area contributed by atoms with Crippen LogP contribution >= 0.6 is 0 Å². The minimum Gasteiger partial charge on any atom is -0.368 e. The van der Waals surface area contributed by atoms with Gasteiger partial charge in [0.25, 0.3) is 5.91 Å². The fourth-order valence-electron chi connectivity index (χ4n) is 1.21. The smallest absolute Gasteiger partial charge is 0.270 e. The van der Waals surface area contributed by atoms with Crippen molar-refractivity contribution in [3.63, 3.8) is 0 Å². The lowest BCUT2D eigenvalue weighted by atomic mass is 10.3. The summed E-state index contributed by atoms with van der Waals surface area (Å²) in [5, 5.41) is 2.51. The van der Waals surface area contributed by atoms with Crippen LogP contribution < -0.4 is 15.8 Å². The maximum atomic E-state index is 11.6. The molecule has 0 atom stereocenters. The maximum Gasteiger partial charge on any atom is 0.270 e. The van der Waals surface area contributed by atoms with E-state index in [9.17, 15) is 13.2 Å². The van der Waals surface area contributed by atoms with Crippen molar-refractivity contribution in [3.8, 4) is 0 Å². The van der Waals surface area contributed by atoms with Crippen molar-refractivity contribution >= 4 is 21.9 Å². The van der Waals surface area contributed by atoms with Gasteiger partial charge in [-0.2, -0.15) is 0 Å². The number of aromatic nitrogens is 2. The first kappa shape index (κ1) is 14.3. The first-order valence-electron chi connectivity index (χ1n) is 5.12. The molecule has 0 aliphatic rings. The predicted octanol–water partition coefficient (Wildman–Crippen LogP) is -1.35. The Morgan fingerprint density at radius 1 is 1.39 bits per heavy atom. The van der Waals surface area contributed by atoms with Crippen molar-refractivity contribution in [2.24, 2.45) is 0 Å². The molecule has 0 bridgehead atoms. The molecule has 0 saturated heterocycles. The third kappa shape index (κ3) is 5.06. The number of nitrogen functional groups attached to an aromatic ring is 1. The second kappa shape index (κ2) is 5.74. The van der Waals surface area contributed by atoms with Gasteiger partial charge in [0, 0.05) is 18.8 Å². The van der Waals surface area contributed by atoms with Crippen LogP contribution in [0, 0.1) is 6.92 Å². The van der Waals surface area contributed by atoms with Gasteiger partial charge < -0.3 is 11.1 Å². The van der Waals surface area contributed by atoms with Crippen molar-refractivity contribution in [1.29, 1.82) is 0 Å². The van der Waals surface area contributed by atoms with Crippen LogP contribution in [0.2, 0.25) is 0 Å². The minimum atomic E-state index is -3.25. The molecule has 100 valence electrons. The molecule has 4 N–H and O–H groups in total. The predicted molar refractivity (Wildman–Crippen MR) is 66.4 cm³/mol. The number of nitrogens with zero attached hydrogens (tertiary/aromatic N) is 2. The van der Waals surface area contributed by atoms with Crippen molar-refractivity contribution in [2.45, 2.75) is 6.92 Å². The molecule has 1 rings (SSSR count). The third-order valence-corrected chi connectivity index (χ3v) is 2.61. The van der Waals surface area contributed by atoms with Gasteiger partial charge in [-0.3, -0.25) is 4.79 Å². The van der Waals surface area contributed by atoms with Crippen LogP contribution in [0.15, 0.2) is 6.07 Å². The summed E-state index contributed by atoms with van der Waals surface area (Å²) in [6.45, 7) is 1.97. The fraction of sp³-hybridized carbons (Fsp3) is 0.444. The van der Waals surface area contributed by atoms with E-state index in [1.54, 1.807) is 6.92 Å². The van der Waals surface area contributed by atoms with Gasteiger partial charge in [-0.25, -0.2) is 23.1 Å². The number of sulfonamides is 1. The van der Waals surface area contributed by atoms with Gasteiger partial charge in [0.15, 0.2) is 0 Å². The molecule has 1 aromatic rings. The number of amides is 1. The Morgan fingerprint density at radius 3 is 2.61 bits per heavy atom. The Bertz CT molecular complexity index is 523. The average molecular weight is 273 g/mol. The molecule has 1 aromatic heterocycles. The molecule has 0 unspecified atom stereocenters. The van der Waals surface area contributed by atoms with Crippen LogP contribution in [-0.2, 0) is 10.0 Å². The summed E-state index contributed by atoms with van der Waals surface area (Å²) in [6.07, 6.45) is 1.04. The highest BCUT2D eigenvalue weighted by atomic mass is 32.2. The number of aryl methyl sites for hydroxylation is 1. The van der Waals surface area contributed by atoms with E-state index in [-0.39, 0.29) is 24.7 Å². The average Bonchev–Trinajstić information content (AvgIpc) is 2.21. The molecule has 8 nitrogen and oxygen atoms in total. The summed E-state index contributed by atoms with van der Waals surface area (Å²) in [5.74, 6) is -0.406. The summed E-state index contributed by atoms with van der Waals surface area (Å²) in [7, 11) is -3.25. The van der Waals surface area contributed by atoms with Gasteiger partial charge in [0.05, 0.1) is 6.26 Å². The molecule has 0 aliphatic heterocycles. The summed E-state index contributed by atoms with van der Waals surface area (Å²) in [4.78, 5) is 19.3. The number of hydrogen-bond acceptors (Lipinski definition) is 6. The molecule has 0 radical (unpaired) electrons. The topological polar surface area (TPSA) is 127 Å². The SMILES string of the molecule is Cc1cc(C(=O)NCCNS(C)(=O)=O)nc(N)n1. The molecule has 0 fully saturated rings. The lowest BCUT2D eigenvalue weighted by molar-refractivity contribution is 0.0949. The van der Waals surface area contributed by atoms with Crippen LogP contribution in [0.5, 0.6) is 0 Å². The number of anilines is 1. The standard InChI is InChI=1S/C9H15N5O3S/c1-6-5-7(14-9(10)13-6)8(15)11-3-4-12-18(2,16)17/h5,12H,3-4H2,1-2H3,(H,11,15)(H2,10,13,14). The van der Waals surface area contributed by atoms with Crippen molar-refractivity contribution in [3.05, 3.63) is 17.5 Å². The number of carbonyl (C=O) groups excluding carboxylic acids is 1. The Kier molecular flexibility index (Phi) is 4.56. The molecular formula is C9H15N5O3S. The van der Waals surface area contributed by atoms with Gasteiger partial charge in [0.1, 0.15) is 5.69 Å². The normalized spacial score (nSPS) is 11.2. The van der Waals surface area contributed by atoms with Crippen LogP contribution in [0.4, 0.5) is 5.95 Å². The van der Waals surface area contributed by atoms with E-state index in [0.29, 0.717) is 5.69 Å². The largest absolute Gasteiger partial charge is 0.368 e. The highest BCUT2D eigenvalue weighted by molar-refractivity contribution is 7.88. The monoisotopic (exact) mass is 273 g/mol. The molecule has 0 spiro atoms. The number of nitrogens with two attached hydrogens (primary N) is 1. The summed E-state index contributed by atoms with van der Waals surface area (Å²) >= 11 is 0. The number of nitrogens with one attached hydrogen (secondary N) is 2. The number of carbonyl (C=O) groups is 1. The lowest BCUT2D eigenvalue weighted by Gasteiger charge is -2.06. The van der Waals surface area contributed by atoms with E-state index >= 15 is 0 Å². The zero-order valence-corrected chi connectivity index (χ0v) is 10.9. The van der Waals surface area contributed by atoms with E-state index in [1.165, 1.54) is 6.07 Å². The molecule has 9 heteroatoms. The molecule has 1 heterocycles. The van der Waals surface area contributed by atoms with Crippen molar-refractivity contribution in [2.75, 3.05) is 25.1 Å². The molecule has 0 aromatic carbocycles. The van der Waals surface area contributed by atoms with Gasteiger partial charge >= 0.3 is 0 Å². The first-order valence-corrected chi connectivity index (χ1v) is 7.01. The number of hydrogen-bond donors (Lipinski definition) is 3. The molecule has 18 heavy (non-hydrogen) atoms. The van der Waals surface area contributed by atoms with E-state index in [2.05, 4.69) is 20.0 Å². The molecular weight excluding hydrogens is 258 g/mol. The van der Waals surface area contributed by atoms with Crippen LogP contribution in [0.25, 0.3) is 0 Å². The van der Waals surface area contributed by atoms with E-state index < -0.39 is 15.9 Å². The van der Waals surface area contributed by atoms with Crippen molar-refractivity contribution in [1.82, 2.24) is 20.0 Å². The number of rotatable bonds is 5. The first-order chi connectivity index (χ1) is 8.28. The van der Waals surface area contributed by atoms with E-state index in [0.717, 1.165) is 6.26 Å². The van der Waals surface area contributed by atoms with Gasteiger partial charge in [0.2, 0.25) is 16.0 Å². The molecule has 0 aliphatic carbocycles. The van der Waals surface area contributed by atoms with Crippen LogP contribution in [0.1, 0.15) is 16.2 Å². The maximum absolute atomic E-state index is 11.6. The zero-order chi connectivity index (χ0) is 13.8. The van der Waals surface area contributed by atoms with Gasteiger partial charge in [-0.1, -0.05) is 0 Å². The summed E-state index contributed by atoms with van der Waals surface area (Å²) in [6, 6.07) is 1.50. The quantitative estimate of drug-likeness (QED) is 0.569. The van der Waals surface area contributed by atoms with Gasteiger partial charge in [-0.15, -0.1) is 0 Å². The van der Waals surface area contributed by atoms with E-state index in [1.807, 2.05) is 0 Å². The Hall–Kier alpha value is -1.74. The third-order valence-electron chi connectivity index (χ3n) is 1.88. The molecule has 1 amide bonds. The minimum absolute atomic E-state index is 0.0226. The Morgan fingerprint density at radius 2 is 2.06 bits per heavy atom. The summed E-state index contributed by atoms with van der Waals surface area (Å²) < 4.78 is 23.8. The highest BCUT2D eigenvalue weighted by Gasteiger charge is 2.09. The Balaban J connectivity index is 2.51. The highest BCUT2D eigenvalue weighted by Crippen LogP contribution is 2.01. The second-order valence-electron chi connectivity index (χ2n) is 3.68. The van der Waals surface area contributed by atoms with Crippen molar-refractivity contribution < 1.29 is 13.2 Å². The Labute approximate surface area is 105 Å². The fourth-order valence-corrected chi connectivity index (χ4v) is 1.68. The molecule has 0 saturated carbocycles. The van der Waals surface area contributed by atoms with Crippen LogP contribution in [-0.4, -0.2) is 43.6 Å². The lowest BCUT2D eigenvalue weighted by Crippen LogP contribution is -2.34. The van der Waals surface area contributed by atoms with Crippen LogP contribution in [0.3, 0.4) is 0 Å².